The van der Waals surface area contributed by atoms with Crippen LogP contribution in [-0.2, 0) is 0 Å². The van der Waals surface area contributed by atoms with Crippen molar-refractivity contribution in [3.05, 3.63) is 86.2 Å². The highest BCUT2D eigenvalue weighted by Crippen LogP contribution is 2.13. The molecular formula is C20H14FN3O2S. The van der Waals surface area contributed by atoms with Gasteiger partial charge in [0, 0.05) is 0 Å². The van der Waals surface area contributed by atoms with E-state index in [1.165, 1.54) is 28.0 Å². The highest BCUT2D eigenvalue weighted by molar-refractivity contribution is 7.15. The van der Waals surface area contributed by atoms with Crippen LogP contribution in [0.25, 0.3) is 23.2 Å². The fourth-order valence-corrected chi connectivity index (χ4v) is 3.46. The van der Waals surface area contributed by atoms with E-state index >= 15 is 0 Å². The molecule has 2 aromatic carbocycles. The molecule has 2 aromatic heterocycles. The number of aromatic nitrogens is 3. The molecule has 2 heterocycles. The predicted octanol–water partition coefficient (Wildman–Crippen LogP) is 3.02. The minimum absolute atomic E-state index is 0.216. The number of benzene rings is 2. The number of halogens is 1. The molecular weight excluding hydrogens is 365 g/mol. The standard InChI is InChI=1S/C20H14FN3O2S/c1-26-16-4-2-3-14(11-16)12-17-19(25)24-20(27-17)22-18(23-24)10-7-13-5-8-15(21)9-6-13/h2-12H,1H3/b10-7+,17-12+. The summed E-state index contributed by atoms with van der Waals surface area (Å²) in [6.07, 6.45) is 5.25. The molecule has 0 atom stereocenters. The first-order chi connectivity index (χ1) is 13.1. The van der Waals surface area contributed by atoms with Crippen molar-refractivity contribution in [3.63, 3.8) is 0 Å². The zero-order valence-electron chi connectivity index (χ0n) is 14.3. The van der Waals surface area contributed by atoms with Crippen LogP contribution in [0.5, 0.6) is 5.75 Å². The summed E-state index contributed by atoms with van der Waals surface area (Å²) in [5.74, 6) is 0.864. The van der Waals surface area contributed by atoms with Gasteiger partial charge in [-0.15, -0.1) is 5.10 Å². The molecule has 0 aliphatic heterocycles. The van der Waals surface area contributed by atoms with Crippen molar-refractivity contribution in [1.82, 2.24) is 14.6 Å². The van der Waals surface area contributed by atoms with Crippen molar-refractivity contribution < 1.29 is 9.13 Å². The number of fused-ring (bicyclic) bond motifs is 1. The molecule has 0 spiro atoms. The number of hydrogen-bond acceptors (Lipinski definition) is 5. The average molecular weight is 379 g/mol. The van der Waals surface area contributed by atoms with E-state index in [2.05, 4.69) is 10.1 Å². The highest BCUT2D eigenvalue weighted by Gasteiger charge is 2.09. The zero-order chi connectivity index (χ0) is 18.8. The van der Waals surface area contributed by atoms with Gasteiger partial charge in [-0.1, -0.05) is 41.7 Å². The van der Waals surface area contributed by atoms with E-state index in [-0.39, 0.29) is 11.4 Å². The molecule has 0 aliphatic carbocycles. The fraction of sp³-hybridized carbons (Fsp3) is 0.0500. The molecule has 0 bridgehead atoms. The molecule has 0 aliphatic rings. The highest BCUT2D eigenvalue weighted by atomic mass is 32.1. The smallest absolute Gasteiger partial charge is 0.291 e. The Balaban J connectivity index is 1.66. The molecule has 4 rings (SSSR count). The molecule has 4 aromatic rings. The monoisotopic (exact) mass is 379 g/mol. The van der Waals surface area contributed by atoms with Gasteiger partial charge < -0.3 is 4.74 Å². The van der Waals surface area contributed by atoms with Gasteiger partial charge in [0.25, 0.3) is 5.56 Å². The second kappa shape index (κ2) is 7.13. The van der Waals surface area contributed by atoms with E-state index in [9.17, 15) is 9.18 Å². The maximum absolute atomic E-state index is 12.9. The lowest BCUT2D eigenvalue weighted by atomic mass is 10.2. The quantitative estimate of drug-likeness (QED) is 0.547. The normalized spacial score (nSPS) is 12.3. The Morgan fingerprint density at radius 1 is 1.11 bits per heavy atom. The van der Waals surface area contributed by atoms with Gasteiger partial charge in [0.15, 0.2) is 5.82 Å². The Bertz CT molecular complexity index is 1240. The summed E-state index contributed by atoms with van der Waals surface area (Å²) in [6, 6.07) is 13.5. The molecule has 27 heavy (non-hydrogen) atoms. The maximum Gasteiger partial charge on any atom is 0.291 e. The SMILES string of the molecule is COc1cccc(/C=c2/sc3nc(/C=C/c4ccc(F)cc4)nn3c2=O)c1. The van der Waals surface area contributed by atoms with Crippen molar-refractivity contribution in [2.45, 2.75) is 0 Å². The van der Waals surface area contributed by atoms with Gasteiger partial charge >= 0.3 is 0 Å². The summed E-state index contributed by atoms with van der Waals surface area (Å²) >= 11 is 1.27. The number of ether oxygens (including phenoxy) is 1. The Hall–Kier alpha value is -3.32. The van der Waals surface area contributed by atoms with Gasteiger partial charge in [-0.05, 0) is 47.5 Å². The predicted molar refractivity (Wildman–Crippen MR) is 104 cm³/mol. The lowest BCUT2D eigenvalue weighted by Crippen LogP contribution is -2.23. The number of nitrogens with zero attached hydrogens (tertiary/aromatic N) is 3. The molecule has 0 N–H and O–H groups in total. The summed E-state index contributed by atoms with van der Waals surface area (Å²) in [7, 11) is 1.60. The van der Waals surface area contributed by atoms with E-state index in [0.29, 0.717) is 15.3 Å². The van der Waals surface area contributed by atoms with Crippen LogP contribution in [0.3, 0.4) is 0 Å². The summed E-state index contributed by atoms with van der Waals surface area (Å²) < 4.78 is 20.0. The van der Waals surface area contributed by atoms with Crippen LogP contribution in [0.4, 0.5) is 4.39 Å². The lowest BCUT2D eigenvalue weighted by molar-refractivity contribution is 0.414. The molecule has 0 radical (unpaired) electrons. The number of methoxy groups -OCH3 is 1. The van der Waals surface area contributed by atoms with Crippen molar-refractivity contribution in [2.24, 2.45) is 0 Å². The van der Waals surface area contributed by atoms with Crippen LogP contribution in [0.1, 0.15) is 17.0 Å². The molecule has 5 nitrogen and oxygen atoms in total. The Labute approximate surface area is 157 Å². The molecule has 0 saturated heterocycles. The summed E-state index contributed by atoms with van der Waals surface area (Å²) in [4.78, 5) is 17.4. The van der Waals surface area contributed by atoms with Crippen molar-refractivity contribution in [2.75, 3.05) is 7.11 Å². The second-order valence-electron chi connectivity index (χ2n) is 5.74. The molecule has 134 valence electrons. The minimum Gasteiger partial charge on any atom is -0.497 e. The van der Waals surface area contributed by atoms with Crippen LogP contribution >= 0.6 is 11.3 Å². The van der Waals surface area contributed by atoms with Crippen LogP contribution in [0.15, 0.2) is 53.3 Å². The van der Waals surface area contributed by atoms with Crippen molar-refractivity contribution >= 4 is 34.5 Å². The molecule has 0 unspecified atom stereocenters. The van der Waals surface area contributed by atoms with Gasteiger partial charge in [-0.2, -0.15) is 9.50 Å². The second-order valence-corrected chi connectivity index (χ2v) is 6.75. The first-order valence-electron chi connectivity index (χ1n) is 8.11. The summed E-state index contributed by atoms with van der Waals surface area (Å²) in [6.45, 7) is 0. The number of hydrogen-bond donors (Lipinski definition) is 0. The fourth-order valence-electron chi connectivity index (χ4n) is 2.55. The van der Waals surface area contributed by atoms with Gasteiger partial charge in [0.1, 0.15) is 11.6 Å². The number of thiazole rings is 1. The van der Waals surface area contributed by atoms with Crippen molar-refractivity contribution in [1.29, 1.82) is 0 Å². The average Bonchev–Trinajstić information content (AvgIpc) is 3.21. The van der Waals surface area contributed by atoms with Gasteiger partial charge in [0.05, 0.1) is 11.6 Å². The molecule has 0 amide bonds. The third kappa shape index (κ3) is 3.63. The van der Waals surface area contributed by atoms with Crippen LogP contribution in [-0.4, -0.2) is 21.7 Å². The topological polar surface area (TPSA) is 56.5 Å². The van der Waals surface area contributed by atoms with E-state index < -0.39 is 0 Å². The van der Waals surface area contributed by atoms with Gasteiger partial charge in [-0.25, -0.2) is 4.39 Å². The van der Waals surface area contributed by atoms with E-state index in [1.807, 2.05) is 24.3 Å². The molecule has 0 saturated carbocycles. The Kier molecular flexibility index (Phi) is 4.52. The third-order valence-electron chi connectivity index (χ3n) is 3.88. The first kappa shape index (κ1) is 17.1. The Morgan fingerprint density at radius 2 is 1.93 bits per heavy atom. The van der Waals surface area contributed by atoms with E-state index in [1.54, 1.807) is 37.5 Å². The third-order valence-corrected chi connectivity index (χ3v) is 4.84. The maximum atomic E-state index is 12.9. The van der Waals surface area contributed by atoms with Crippen molar-refractivity contribution in [3.8, 4) is 5.75 Å². The summed E-state index contributed by atoms with van der Waals surface area (Å²) in [5, 5.41) is 4.24. The largest absolute Gasteiger partial charge is 0.497 e. The number of rotatable bonds is 4. The summed E-state index contributed by atoms with van der Waals surface area (Å²) in [5.41, 5.74) is 1.48. The zero-order valence-corrected chi connectivity index (χ0v) is 15.1. The Morgan fingerprint density at radius 3 is 2.67 bits per heavy atom. The van der Waals surface area contributed by atoms with Gasteiger partial charge in [0.2, 0.25) is 4.96 Å². The van der Waals surface area contributed by atoms with Crippen LogP contribution in [0, 0.1) is 5.82 Å². The first-order valence-corrected chi connectivity index (χ1v) is 8.93. The van der Waals surface area contributed by atoms with E-state index in [0.717, 1.165) is 16.9 Å². The lowest BCUT2D eigenvalue weighted by Gasteiger charge is -1.99. The molecule has 7 heteroatoms. The van der Waals surface area contributed by atoms with Crippen LogP contribution in [0.2, 0.25) is 0 Å². The van der Waals surface area contributed by atoms with E-state index in [4.69, 9.17) is 4.74 Å². The van der Waals surface area contributed by atoms with Gasteiger partial charge in [-0.3, -0.25) is 4.79 Å². The molecule has 0 fully saturated rings. The minimum atomic E-state index is -0.288. The van der Waals surface area contributed by atoms with Crippen LogP contribution < -0.4 is 14.8 Å².